The van der Waals surface area contributed by atoms with Gasteiger partial charge in [0.2, 0.25) is 5.88 Å². The minimum absolute atomic E-state index is 0.0986. The number of carbonyl (C=O) groups is 1. The summed E-state index contributed by atoms with van der Waals surface area (Å²) in [5.41, 5.74) is 11.7. The number of fused-ring (bicyclic) bond motifs is 2. The number of nitrogens with one attached hydrogen (secondary N) is 1. The van der Waals surface area contributed by atoms with Crippen molar-refractivity contribution in [1.29, 1.82) is 0 Å². The Morgan fingerprint density at radius 3 is 2.65 bits per heavy atom. The van der Waals surface area contributed by atoms with Gasteiger partial charge in [-0.05, 0) is 43.2 Å². The molecule has 2 fully saturated rings. The highest BCUT2D eigenvalue weighted by atomic mass is 35.5. The first-order valence-electron chi connectivity index (χ1n) is 15.8. The predicted octanol–water partition coefficient (Wildman–Crippen LogP) is 5.09. The molecule has 4 heterocycles. The molecule has 2 aromatic carbocycles. The van der Waals surface area contributed by atoms with Gasteiger partial charge in [-0.1, -0.05) is 48.0 Å². The Morgan fingerprint density at radius 2 is 1.90 bits per heavy atom. The number of halogens is 1. The third-order valence-electron chi connectivity index (χ3n) is 9.59. The molecule has 1 saturated carbocycles. The van der Waals surface area contributed by atoms with Gasteiger partial charge in [-0.25, -0.2) is 14.6 Å². The second-order valence-electron chi connectivity index (χ2n) is 12.5. The van der Waals surface area contributed by atoms with E-state index in [9.17, 15) is 9.59 Å². The Hall–Kier alpha value is -4.84. The van der Waals surface area contributed by atoms with Gasteiger partial charge in [0.15, 0.2) is 0 Å². The third kappa shape index (κ3) is 5.37. The van der Waals surface area contributed by atoms with Gasteiger partial charge in [0, 0.05) is 72.1 Å². The van der Waals surface area contributed by atoms with Crippen molar-refractivity contribution in [1.82, 2.24) is 24.6 Å². The van der Waals surface area contributed by atoms with Crippen LogP contribution in [0.2, 0.25) is 5.02 Å². The van der Waals surface area contributed by atoms with E-state index in [2.05, 4.69) is 20.3 Å². The van der Waals surface area contributed by atoms with E-state index in [1.807, 2.05) is 62.4 Å². The van der Waals surface area contributed by atoms with Gasteiger partial charge in [0.1, 0.15) is 5.82 Å². The number of nitrogens with two attached hydrogens (primary N) is 1. The number of nitrogens with zero attached hydrogens (tertiary/aromatic N) is 5. The molecule has 0 spiro atoms. The number of aromatic nitrogens is 4. The molecule has 12 heteroatoms. The van der Waals surface area contributed by atoms with Crippen LogP contribution in [0.1, 0.15) is 18.1 Å². The van der Waals surface area contributed by atoms with E-state index in [4.69, 9.17) is 31.8 Å². The number of rotatable bonds is 9. The standard InChI is InChI=1S/C36H36ClN7O4/c1-5-48-35(46)30-26-18-44(19-36(26,30)38)17-22-12-13-28(42-33(22)47-4)25-10-6-9-24(31(25)37)23-8-7-11-27(20(23)2)41-32-29-21(14-15-39-32)16-40-43(3)34(29)45/h6-16,26,30H,5,17-19,38H2,1-4H3,(H,39,41). The number of anilines is 2. The zero-order chi connectivity index (χ0) is 33.7. The molecule has 1 aliphatic heterocycles. The summed E-state index contributed by atoms with van der Waals surface area (Å²) in [5, 5.41) is 9.23. The van der Waals surface area contributed by atoms with Crippen LogP contribution < -0.4 is 21.3 Å². The Labute approximate surface area is 282 Å². The number of piperidine rings is 1. The van der Waals surface area contributed by atoms with Crippen LogP contribution in [0.15, 0.2) is 71.8 Å². The number of hydrogen-bond donors (Lipinski definition) is 2. The van der Waals surface area contributed by atoms with Crippen molar-refractivity contribution in [2.75, 3.05) is 32.1 Å². The van der Waals surface area contributed by atoms with Crippen LogP contribution in [0.5, 0.6) is 5.88 Å². The number of pyridine rings is 2. The molecular weight excluding hydrogens is 630 g/mol. The number of esters is 1. The minimum Gasteiger partial charge on any atom is -0.481 e. The van der Waals surface area contributed by atoms with Crippen molar-refractivity contribution < 1.29 is 14.3 Å². The quantitative estimate of drug-likeness (QED) is 0.205. The largest absolute Gasteiger partial charge is 0.481 e. The molecular formula is C36H36ClN7O4. The summed E-state index contributed by atoms with van der Waals surface area (Å²) in [5.74, 6) is 0.637. The average Bonchev–Trinajstić information content (AvgIpc) is 3.50. The fourth-order valence-corrected chi connectivity index (χ4v) is 7.37. The molecule has 11 nitrogen and oxygen atoms in total. The van der Waals surface area contributed by atoms with Crippen LogP contribution in [0.4, 0.5) is 11.5 Å². The first-order valence-corrected chi connectivity index (χ1v) is 16.2. The maximum absolute atomic E-state index is 12.9. The van der Waals surface area contributed by atoms with Gasteiger partial charge in [-0.2, -0.15) is 5.10 Å². The molecule has 1 aliphatic carbocycles. The molecule has 48 heavy (non-hydrogen) atoms. The smallest absolute Gasteiger partial charge is 0.311 e. The molecule has 3 atom stereocenters. The van der Waals surface area contributed by atoms with Gasteiger partial charge in [0.05, 0.1) is 41.9 Å². The van der Waals surface area contributed by atoms with Crippen LogP contribution >= 0.6 is 11.6 Å². The molecule has 3 N–H and O–H groups in total. The first kappa shape index (κ1) is 31.7. The Kier molecular flexibility index (Phi) is 8.14. The number of aryl methyl sites for hydroxylation is 1. The van der Waals surface area contributed by atoms with Gasteiger partial charge in [-0.15, -0.1) is 0 Å². The number of ether oxygens (including phenoxy) is 2. The van der Waals surface area contributed by atoms with Gasteiger partial charge < -0.3 is 20.5 Å². The second-order valence-corrected chi connectivity index (χ2v) is 12.8. The summed E-state index contributed by atoms with van der Waals surface area (Å²) in [6.07, 6.45) is 3.31. The molecule has 0 amide bonds. The molecule has 5 aromatic rings. The molecule has 1 saturated heterocycles. The second kappa shape index (κ2) is 12.3. The van der Waals surface area contributed by atoms with Gasteiger partial charge in [0.25, 0.3) is 5.56 Å². The zero-order valence-electron chi connectivity index (χ0n) is 27.2. The van der Waals surface area contributed by atoms with E-state index in [0.717, 1.165) is 40.0 Å². The van der Waals surface area contributed by atoms with Crippen molar-refractivity contribution >= 4 is 39.8 Å². The molecule has 0 bridgehead atoms. The van der Waals surface area contributed by atoms with Crippen molar-refractivity contribution in [3.05, 3.63) is 93.5 Å². The summed E-state index contributed by atoms with van der Waals surface area (Å²) < 4.78 is 12.3. The lowest BCUT2D eigenvalue weighted by Gasteiger charge is -2.22. The average molecular weight is 666 g/mol. The topological polar surface area (TPSA) is 137 Å². The van der Waals surface area contributed by atoms with E-state index in [0.29, 0.717) is 52.9 Å². The lowest BCUT2D eigenvalue weighted by molar-refractivity contribution is -0.145. The van der Waals surface area contributed by atoms with Crippen LogP contribution in [-0.2, 0) is 23.1 Å². The van der Waals surface area contributed by atoms with Crippen LogP contribution in [0, 0.1) is 18.8 Å². The Bertz CT molecular complexity index is 2140. The third-order valence-corrected chi connectivity index (χ3v) is 10.0. The molecule has 2 aliphatic rings. The summed E-state index contributed by atoms with van der Waals surface area (Å²) in [4.78, 5) is 36.8. The summed E-state index contributed by atoms with van der Waals surface area (Å²) >= 11 is 7.12. The summed E-state index contributed by atoms with van der Waals surface area (Å²) in [6.45, 7) is 6.10. The van der Waals surface area contributed by atoms with Crippen molar-refractivity contribution in [3.8, 4) is 28.3 Å². The number of likely N-dealkylation sites (tertiary alicyclic amines) is 1. The maximum Gasteiger partial charge on any atom is 0.311 e. The summed E-state index contributed by atoms with van der Waals surface area (Å²) in [7, 11) is 3.22. The zero-order valence-corrected chi connectivity index (χ0v) is 27.9. The first-order chi connectivity index (χ1) is 23.1. The highest BCUT2D eigenvalue weighted by Gasteiger charge is 2.70. The van der Waals surface area contributed by atoms with Crippen LogP contribution in [0.3, 0.4) is 0 Å². The van der Waals surface area contributed by atoms with E-state index >= 15 is 0 Å². The highest BCUT2D eigenvalue weighted by molar-refractivity contribution is 6.36. The maximum atomic E-state index is 12.9. The van der Waals surface area contributed by atoms with Gasteiger partial charge >= 0.3 is 5.97 Å². The monoisotopic (exact) mass is 665 g/mol. The lowest BCUT2D eigenvalue weighted by Crippen LogP contribution is -2.38. The number of carbonyl (C=O) groups excluding carboxylic acids is 1. The number of benzene rings is 2. The van der Waals surface area contributed by atoms with E-state index in [1.165, 1.54) is 4.68 Å². The summed E-state index contributed by atoms with van der Waals surface area (Å²) in [6, 6.07) is 17.5. The van der Waals surface area contributed by atoms with Crippen LogP contribution in [-0.4, -0.2) is 63.0 Å². The van der Waals surface area contributed by atoms with E-state index in [-0.39, 0.29) is 23.4 Å². The normalized spacial score (nSPS) is 20.0. The van der Waals surface area contributed by atoms with Crippen molar-refractivity contribution in [2.24, 2.45) is 24.6 Å². The fraction of sp³-hybridized carbons (Fsp3) is 0.306. The number of hydrogen-bond acceptors (Lipinski definition) is 10. The van der Waals surface area contributed by atoms with Crippen molar-refractivity contribution in [3.63, 3.8) is 0 Å². The molecule has 3 aromatic heterocycles. The highest BCUT2D eigenvalue weighted by Crippen LogP contribution is 2.54. The van der Waals surface area contributed by atoms with E-state index in [1.54, 1.807) is 32.6 Å². The number of methoxy groups -OCH3 is 1. The SMILES string of the molecule is CCOC(=O)C1C2CN(Cc3ccc(-c4cccc(-c5cccc(Nc6nccc7cnn(C)c(=O)c67)c5C)c4Cl)nc3OC)CC21N. The fourth-order valence-electron chi connectivity index (χ4n) is 7.05. The Morgan fingerprint density at radius 1 is 1.12 bits per heavy atom. The lowest BCUT2D eigenvalue weighted by atomic mass is 9.96. The minimum atomic E-state index is -0.536. The molecule has 7 rings (SSSR count). The van der Waals surface area contributed by atoms with Crippen molar-refractivity contribution in [2.45, 2.75) is 25.9 Å². The Balaban J connectivity index is 1.14. The van der Waals surface area contributed by atoms with E-state index < -0.39 is 5.54 Å². The molecule has 3 unspecified atom stereocenters. The predicted molar refractivity (Wildman–Crippen MR) is 185 cm³/mol. The van der Waals surface area contributed by atoms with Gasteiger partial charge in [-0.3, -0.25) is 14.5 Å². The van der Waals surface area contributed by atoms with Crippen LogP contribution in [0.25, 0.3) is 33.2 Å². The molecule has 0 radical (unpaired) electrons. The molecule has 246 valence electrons.